The molecule has 0 N–H and O–H groups in total. The zero-order valence-corrected chi connectivity index (χ0v) is 18.2. The van der Waals surface area contributed by atoms with E-state index in [2.05, 4.69) is 6.08 Å². The minimum Gasteiger partial charge on any atom is -0.491 e. The van der Waals surface area contributed by atoms with Crippen LogP contribution in [-0.4, -0.2) is 6.61 Å². The summed E-state index contributed by atoms with van der Waals surface area (Å²) < 4.78 is 48.6. The van der Waals surface area contributed by atoms with Crippen LogP contribution < -0.4 is 4.74 Å². The first-order valence-corrected chi connectivity index (χ1v) is 11.3. The van der Waals surface area contributed by atoms with E-state index in [0.29, 0.717) is 22.6 Å². The van der Waals surface area contributed by atoms with Crippen molar-refractivity contribution in [3.63, 3.8) is 0 Å². The van der Waals surface area contributed by atoms with Gasteiger partial charge in [-0.2, -0.15) is 4.39 Å². The van der Waals surface area contributed by atoms with Crippen LogP contribution in [-0.2, 0) is 0 Å². The van der Waals surface area contributed by atoms with E-state index in [0.717, 1.165) is 5.56 Å². The molecule has 0 atom stereocenters. The van der Waals surface area contributed by atoms with Gasteiger partial charge in [0.05, 0.1) is 6.61 Å². The Morgan fingerprint density at radius 2 is 1.47 bits per heavy atom. The summed E-state index contributed by atoms with van der Waals surface area (Å²) in [5, 5.41) is 0. The molecule has 0 radical (unpaired) electrons. The van der Waals surface area contributed by atoms with E-state index < -0.39 is 11.6 Å². The second-order valence-corrected chi connectivity index (χ2v) is 8.25. The van der Waals surface area contributed by atoms with E-state index in [9.17, 15) is 13.2 Å². The fourth-order valence-electron chi connectivity index (χ4n) is 4.29. The number of allylic oxidation sites excluding steroid dienone is 1. The summed E-state index contributed by atoms with van der Waals surface area (Å²) >= 11 is 0. The van der Waals surface area contributed by atoms with Crippen molar-refractivity contribution in [2.45, 2.75) is 39.0 Å². The zero-order valence-electron chi connectivity index (χ0n) is 18.2. The number of ether oxygens (including phenoxy) is 1. The van der Waals surface area contributed by atoms with E-state index in [-0.39, 0.29) is 23.7 Å². The molecule has 32 heavy (non-hydrogen) atoms. The Labute approximate surface area is 187 Å². The monoisotopic (exact) mass is 436 g/mol. The third kappa shape index (κ3) is 4.90. The maximum absolute atomic E-state index is 14.8. The van der Waals surface area contributed by atoms with Gasteiger partial charge in [0, 0.05) is 11.1 Å². The predicted molar refractivity (Wildman–Crippen MR) is 124 cm³/mol. The van der Waals surface area contributed by atoms with Gasteiger partial charge < -0.3 is 4.74 Å². The van der Waals surface area contributed by atoms with Crippen molar-refractivity contribution in [1.29, 1.82) is 0 Å². The normalized spacial score (nSPS) is 14.8. The predicted octanol–water partition coefficient (Wildman–Crippen LogP) is 8.43. The zero-order chi connectivity index (χ0) is 22.5. The Balaban J connectivity index is 1.53. The fraction of sp³-hybridized carbons (Fsp3) is 0.286. The molecule has 0 heterocycles. The van der Waals surface area contributed by atoms with Gasteiger partial charge in [0.1, 0.15) is 5.82 Å². The van der Waals surface area contributed by atoms with Crippen molar-refractivity contribution in [3.8, 4) is 28.0 Å². The molecule has 3 aromatic rings. The highest BCUT2D eigenvalue weighted by Gasteiger charge is 2.16. The highest BCUT2D eigenvalue weighted by Crippen LogP contribution is 2.32. The van der Waals surface area contributed by atoms with Crippen molar-refractivity contribution in [2.75, 3.05) is 6.61 Å². The second kappa shape index (κ2) is 10.1. The lowest BCUT2D eigenvalue weighted by Gasteiger charge is -2.17. The molecule has 0 saturated heterocycles. The van der Waals surface area contributed by atoms with Gasteiger partial charge in [-0.3, -0.25) is 0 Å². The topological polar surface area (TPSA) is 9.23 Å². The average molecular weight is 437 g/mol. The lowest BCUT2D eigenvalue weighted by molar-refractivity contribution is 0.314. The molecule has 1 fully saturated rings. The summed E-state index contributed by atoms with van der Waals surface area (Å²) in [7, 11) is 0. The van der Waals surface area contributed by atoms with Gasteiger partial charge in [-0.1, -0.05) is 67.8 Å². The molecule has 166 valence electrons. The van der Waals surface area contributed by atoms with Crippen molar-refractivity contribution in [3.05, 3.63) is 83.7 Å². The molecule has 4 rings (SSSR count). The van der Waals surface area contributed by atoms with E-state index in [1.807, 2.05) is 12.1 Å². The molecular formula is C28H27F3O. The second-order valence-electron chi connectivity index (χ2n) is 8.25. The largest absolute Gasteiger partial charge is 0.491 e. The lowest BCUT2D eigenvalue weighted by Crippen LogP contribution is -2.02. The van der Waals surface area contributed by atoms with Crippen LogP contribution in [0.4, 0.5) is 13.2 Å². The molecule has 0 aliphatic heterocycles. The summed E-state index contributed by atoms with van der Waals surface area (Å²) in [5.41, 5.74) is 2.66. The molecule has 1 nitrogen and oxygen atoms in total. The van der Waals surface area contributed by atoms with Crippen LogP contribution in [0.2, 0.25) is 0 Å². The fourth-order valence-corrected chi connectivity index (χ4v) is 4.29. The molecule has 0 spiro atoms. The quantitative estimate of drug-likeness (QED) is 0.377. The Hall–Kier alpha value is -3.01. The van der Waals surface area contributed by atoms with Gasteiger partial charge in [-0.15, -0.1) is 0 Å². The first-order chi connectivity index (χ1) is 15.6. The molecule has 1 aliphatic carbocycles. The van der Waals surface area contributed by atoms with Crippen LogP contribution in [0.5, 0.6) is 5.75 Å². The van der Waals surface area contributed by atoms with Gasteiger partial charge in [-0.25, -0.2) is 8.78 Å². The van der Waals surface area contributed by atoms with E-state index in [4.69, 9.17) is 4.74 Å². The molecule has 1 aliphatic rings. The molecule has 4 heteroatoms. The Bertz CT molecular complexity index is 1100. The van der Waals surface area contributed by atoms with Crippen LogP contribution in [0, 0.1) is 23.4 Å². The summed E-state index contributed by atoms with van der Waals surface area (Å²) in [5.74, 6) is -1.78. The van der Waals surface area contributed by atoms with Crippen molar-refractivity contribution < 1.29 is 17.9 Å². The SMILES string of the molecule is CCOc1ccc(-c2ccc(-c3ccc(/C=C/C4CCCCC4)cc3F)cc2)c(F)c1F. The molecule has 0 unspecified atom stereocenters. The minimum absolute atomic E-state index is 0.106. The number of hydrogen-bond donors (Lipinski definition) is 0. The number of rotatable bonds is 6. The highest BCUT2D eigenvalue weighted by molar-refractivity contribution is 5.72. The summed E-state index contributed by atoms with van der Waals surface area (Å²) in [4.78, 5) is 0. The van der Waals surface area contributed by atoms with E-state index in [1.165, 1.54) is 44.2 Å². The van der Waals surface area contributed by atoms with Crippen LogP contribution >= 0.6 is 0 Å². The third-order valence-corrected chi connectivity index (χ3v) is 6.06. The summed E-state index contributed by atoms with van der Waals surface area (Å²) in [6.45, 7) is 1.97. The molecular weight excluding hydrogens is 409 g/mol. The van der Waals surface area contributed by atoms with Gasteiger partial charge in [0.15, 0.2) is 11.6 Å². The maximum atomic E-state index is 14.8. The van der Waals surface area contributed by atoms with Gasteiger partial charge in [-0.05, 0) is 60.6 Å². The lowest BCUT2D eigenvalue weighted by atomic mass is 9.88. The number of halogens is 3. The summed E-state index contributed by atoms with van der Waals surface area (Å²) in [6, 6.07) is 14.9. The van der Waals surface area contributed by atoms with E-state index in [1.54, 1.807) is 43.3 Å². The van der Waals surface area contributed by atoms with E-state index >= 15 is 0 Å². The number of benzene rings is 3. The first kappa shape index (κ1) is 22.2. The number of hydrogen-bond acceptors (Lipinski definition) is 1. The third-order valence-electron chi connectivity index (χ3n) is 6.06. The maximum Gasteiger partial charge on any atom is 0.201 e. The van der Waals surface area contributed by atoms with Gasteiger partial charge in [0.25, 0.3) is 0 Å². The Kier molecular flexibility index (Phi) is 6.99. The molecule has 1 saturated carbocycles. The minimum atomic E-state index is -1.00. The molecule has 0 aromatic heterocycles. The standard InChI is InChI=1S/C28H27F3O/c1-2-32-26-17-16-24(27(30)28(26)31)22-13-11-21(12-14-22)23-15-10-20(18-25(23)29)9-8-19-6-4-3-5-7-19/h8-19H,2-7H2,1H3/b9-8+. The Morgan fingerprint density at radius 1 is 0.812 bits per heavy atom. The first-order valence-electron chi connectivity index (χ1n) is 11.3. The molecule has 0 bridgehead atoms. The van der Waals surface area contributed by atoms with Crippen LogP contribution in [0.15, 0.2) is 60.7 Å². The highest BCUT2D eigenvalue weighted by atomic mass is 19.2. The molecule has 3 aromatic carbocycles. The Morgan fingerprint density at radius 3 is 2.12 bits per heavy atom. The van der Waals surface area contributed by atoms with Gasteiger partial charge in [0.2, 0.25) is 5.82 Å². The smallest absolute Gasteiger partial charge is 0.201 e. The van der Waals surface area contributed by atoms with Crippen LogP contribution in [0.25, 0.3) is 28.3 Å². The van der Waals surface area contributed by atoms with Crippen molar-refractivity contribution in [2.24, 2.45) is 5.92 Å². The van der Waals surface area contributed by atoms with Crippen LogP contribution in [0.1, 0.15) is 44.6 Å². The van der Waals surface area contributed by atoms with Crippen molar-refractivity contribution >= 4 is 6.08 Å². The summed E-state index contributed by atoms with van der Waals surface area (Å²) in [6.07, 6.45) is 10.5. The van der Waals surface area contributed by atoms with Crippen LogP contribution in [0.3, 0.4) is 0 Å². The average Bonchev–Trinajstić information content (AvgIpc) is 2.82. The molecule has 0 amide bonds. The van der Waals surface area contributed by atoms with Crippen molar-refractivity contribution in [1.82, 2.24) is 0 Å². The van der Waals surface area contributed by atoms with Gasteiger partial charge >= 0.3 is 0 Å².